The zero-order valence-electron chi connectivity index (χ0n) is 16.3. The van der Waals surface area contributed by atoms with Gasteiger partial charge in [-0.15, -0.1) is 0 Å². The predicted octanol–water partition coefficient (Wildman–Crippen LogP) is 6.39. The van der Waals surface area contributed by atoms with Crippen molar-refractivity contribution in [1.29, 1.82) is 0 Å². The van der Waals surface area contributed by atoms with Gasteiger partial charge in [0.15, 0.2) is 0 Å². The average molecular weight is 464 g/mol. The first-order valence-corrected chi connectivity index (χ1v) is 9.94. The second-order valence-electron chi connectivity index (χ2n) is 6.39. The monoisotopic (exact) mass is 463 g/mol. The Morgan fingerprint density at radius 2 is 1.61 bits per heavy atom. The Bertz CT molecular complexity index is 1100. The molecule has 0 atom stereocenters. The summed E-state index contributed by atoms with van der Waals surface area (Å²) in [6, 6.07) is 14.1. The number of urea groups is 1. The smallest absolute Gasteiger partial charge is 0.326 e. The highest BCUT2D eigenvalue weighted by Crippen LogP contribution is 2.34. The van der Waals surface area contributed by atoms with E-state index in [0.717, 1.165) is 23.9 Å². The largest absolute Gasteiger partial charge is 0.341 e. The van der Waals surface area contributed by atoms with Crippen molar-refractivity contribution >= 4 is 52.2 Å². The third-order valence-electron chi connectivity index (χ3n) is 4.37. The molecule has 0 heterocycles. The molecule has 3 rings (SSSR count). The van der Waals surface area contributed by atoms with Gasteiger partial charge in [-0.1, -0.05) is 29.3 Å². The second-order valence-corrected chi connectivity index (χ2v) is 7.24. The van der Waals surface area contributed by atoms with Crippen molar-refractivity contribution in [2.75, 3.05) is 16.8 Å². The Labute approximate surface area is 187 Å². The van der Waals surface area contributed by atoms with Crippen LogP contribution in [-0.4, -0.2) is 18.5 Å². The number of anilines is 3. The summed E-state index contributed by atoms with van der Waals surface area (Å²) in [6.07, 6.45) is 0. The van der Waals surface area contributed by atoms with Crippen LogP contribution in [0.3, 0.4) is 0 Å². The van der Waals surface area contributed by atoms with Gasteiger partial charge in [0.1, 0.15) is 17.2 Å². The molecule has 0 spiro atoms. The average Bonchev–Trinajstić information content (AvgIpc) is 2.71. The molecule has 0 aromatic heterocycles. The summed E-state index contributed by atoms with van der Waals surface area (Å²) in [6.45, 7) is 2.58. The molecule has 0 aliphatic heterocycles. The minimum Gasteiger partial charge on any atom is -0.341 e. The molecule has 0 aliphatic carbocycles. The Hall–Kier alpha value is -3.16. The van der Waals surface area contributed by atoms with Gasteiger partial charge < -0.3 is 10.2 Å². The maximum Gasteiger partial charge on any atom is 0.326 e. The Morgan fingerprint density at radius 1 is 0.968 bits per heavy atom. The summed E-state index contributed by atoms with van der Waals surface area (Å²) >= 11 is 12.3. The van der Waals surface area contributed by atoms with Crippen LogP contribution in [0.5, 0.6) is 0 Å². The van der Waals surface area contributed by atoms with Gasteiger partial charge in [-0.3, -0.25) is 10.1 Å². The second kappa shape index (κ2) is 9.76. The fourth-order valence-corrected chi connectivity index (χ4v) is 3.37. The van der Waals surface area contributed by atoms with Crippen LogP contribution in [0.1, 0.15) is 17.3 Å². The molecule has 0 unspecified atom stereocenters. The van der Waals surface area contributed by atoms with E-state index in [4.69, 9.17) is 23.2 Å². The van der Waals surface area contributed by atoms with Crippen LogP contribution in [0, 0.1) is 11.6 Å². The molecule has 0 bridgehead atoms. The van der Waals surface area contributed by atoms with Crippen LogP contribution in [0.15, 0.2) is 60.7 Å². The van der Waals surface area contributed by atoms with Crippen LogP contribution < -0.4 is 15.5 Å². The van der Waals surface area contributed by atoms with Gasteiger partial charge >= 0.3 is 6.03 Å². The van der Waals surface area contributed by atoms with E-state index < -0.39 is 29.1 Å². The molecule has 3 aromatic rings. The number of carbonyl (C=O) groups excluding carboxylic acids is 2. The minimum atomic E-state index is -1.20. The maximum atomic E-state index is 13.7. The summed E-state index contributed by atoms with van der Waals surface area (Å²) < 4.78 is 27.4. The van der Waals surface area contributed by atoms with Gasteiger partial charge in [-0.2, -0.15) is 0 Å². The summed E-state index contributed by atoms with van der Waals surface area (Å²) in [5, 5.41) is 5.27. The number of amides is 3. The molecule has 0 saturated carbocycles. The van der Waals surface area contributed by atoms with Crippen LogP contribution in [0.4, 0.5) is 30.6 Å². The lowest BCUT2D eigenvalue weighted by Gasteiger charge is -2.25. The van der Waals surface area contributed by atoms with Crippen molar-refractivity contribution in [1.82, 2.24) is 5.32 Å². The van der Waals surface area contributed by atoms with Crippen LogP contribution >= 0.6 is 23.2 Å². The fraction of sp³-hybridized carbons (Fsp3) is 0.0909. The van der Waals surface area contributed by atoms with Crippen LogP contribution in [-0.2, 0) is 0 Å². The van der Waals surface area contributed by atoms with Crippen molar-refractivity contribution in [2.45, 2.75) is 6.92 Å². The van der Waals surface area contributed by atoms with E-state index in [1.54, 1.807) is 24.3 Å². The van der Waals surface area contributed by atoms with Gasteiger partial charge in [0.25, 0.3) is 5.91 Å². The lowest BCUT2D eigenvalue weighted by molar-refractivity contribution is 0.0959. The van der Waals surface area contributed by atoms with Crippen molar-refractivity contribution in [3.8, 4) is 0 Å². The molecular weight excluding hydrogens is 447 g/mol. The number of hydrogen-bond acceptors (Lipinski definition) is 3. The fourth-order valence-electron chi connectivity index (χ4n) is 2.96. The van der Waals surface area contributed by atoms with Crippen molar-refractivity contribution in [3.63, 3.8) is 0 Å². The molecule has 3 aromatic carbocycles. The quantitative estimate of drug-likeness (QED) is 0.460. The molecule has 0 fully saturated rings. The SMILES string of the molecule is CCN(c1ccc(Cl)cc1)c1ccc(NC(=O)NC(=O)c2c(F)cccc2F)cc1Cl. The van der Waals surface area contributed by atoms with Gasteiger partial charge in [0.05, 0.1) is 10.7 Å². The highest BCUT2D eigenvalue weighted by atomic mass is 35.5. The summed E-state index contributed by atoms with van der Waals surface area (Å²) in [5.74, 6) is -3.34. The van der Waals surface area contributed by atoms with E-state index in [0.29, 0.717) is 28.0 Å². The lowest BCUT2D eigenvalue weighted by Crippen LogP contribution is -2.35. The number of carbonyl (C=O) groups is 2. The normalized spacial score (nSPS) is 10.5. The Balaban J connectivity index is 1.73. The van der Waals surface area contributed by atoms with Crippen molar-refractivity contribution < 1.29 is 18.4 Å². The molecule has 160 valence electrons. The maximum absolute atomic E-state index is 13.7. The first-order chi connectivity index (χ1) is 14.8. The lowest BCUT2D eigenvalue weighted by atomic mass is 10.2. The van der Waals surface area contributed by atoms with Gasteiger partial charge in [-0.05, 0) is 61.5 Å². The number of nitrogens with one attached hydrogen (secondary N) is 2. The zero-order valence-corrected chi connectivity index (χ0v) is 17.8. The molecular formula is C22H17Cl2F2N3O2. The van der Waals surface area contributed by atoms with E-state index in [9.17, 15) is 18.4 Å². The molecule has 0 radical (unpaired) electrons. The first-order valence-electron chi connectivity index (χ1n) is 9.19. The third kappa shape index (κ3) is 5.31. The standard InChI is InChI=1S/C22H17Cl2F2N3O2/c1-2-29(15-9-6-13(23)7-10-15)19-11-8-14(12-16(19)24)27-22(31)28-21(30)20-17(25)4-3-5-18(20)26/h3-12H,2H2,1H3,(H2,27,28,30,31). The molecule has 9 heteroatoms. The molecule has 31 heavy (non-hydrogen) atoms. The van der Waals surface area contributed by atoms with Gasteiger partial charge in [0, 0.05) is 22.9 Å². The zero-order chi connectivity index (χ0) is 22.5. The van der Waals surface area contributed by atoms with E-state index in [1.165, 1.54) is 6.07 Å². The minimum absolute atomic E-state index is 0.292. The number of nitrogens with zero attached hydrogens (tertiary/aromatic N) is 1. The predicted molar refractivity (Wildman–Crippen MR) is 118 cm³/mol. The molecule has 0 saturated heterocycles. The van der Waals surface area contributed by atoms with Gasteiger partial charge in [0.2, 0.25) is 0 Å². The summed E-state index contributed by atoms with van der Waals surface area (Å²) in [7, 11) is 0. The highest BCUT2D eigenvalue weighted by molar-refractivity contribution is 6.34. The topological polar surface area (TPSA) is 61.4 Å². The van der Waals surface area contributed by atoms with Gasteiger partial charge in [-0.25, -0.2) is 13.6 Å². The molecule has 3 amide bonds. The van der Waals surface area contributed by atoms with Crippen molar-refractivity contribution in [2.24, 2.45) is 0 Å². The van der Waals surface area contributed by atoms with Crippen LogP contribution in [0.25, 0.3) is 0 Å². The van der Waals surface area contributed by atoms with Crippen LogP contribution in [0.2, 0.25) is 10.0 Å². The Morgan fingerprint density at radius 3 is 2.19 bits per heavy atom. The van der Waals surface area contributed by atoms with E-state index in [-0.39, 0.29) is 0 Å². The van der Waals surface area contributed by atoms with E-state index >= 15 is 0 Å². The number of rotatable bonds is 5. The van der Waals surface area contributed by atoms with E-state index in [1.807, 2.05) is 29.3 Å². The molecule has 2 N–H and O–H groups in total. The third-order valence-corrected chi connectivity index (χ3v) is 4.92. The number of benzene rings is 3. The summed E-state index contributed by atoms with van der Waals surface area (Å²) in [5.41, 5.74) is 1.03. The van der Waals surface area contributed by atoms with E-state index in [2.05, 4.69) is 5.32 Å². The number of hydrogen-bond donors (Lipinski definition) is 2. The highest BCUT2D eigenvalue weighted by Gasteiger charge is 2.19. The molecule has 5 nitrogen and oxygen atoms in total. The number of halogens is 4. The first kappa shape index (κ1) is 22.5. The molecule has 0 aliphatic rings. The summed E-state index contributed by atoms with van der Waals surface area (Å²) in [4.78, 5) is 26.1. The Kier molecular flexibility index (Phi) is 7.09. The number of imide groups is 1. The van der Waals surface area contributed by atoms with Crippen molar-refractivity contribution in [3.05, 3.63) is 87.9 Å².